The number of aryl methyl sites for hydroxylation is 2. The van der Waals surface area contributed by atoms with E-state index in [0.717, 1.165) is 42.4 Å². The van der Waals surface area contributed by atoms with Crippen LogP contribution in [-0.2, 0) is 6.42 Å². The molecule has 0 spiro atoms. The van der Waals surface area contributed by atoms with Crippen LogP contribution in [0.4, 0.5) is 13.2 Å². The monoisotopic (exact) mass is 434 g/mol. The molecule has 1 fully saturated rings. The van der Waals surface area contributed by atoms with Crippen LogP contribution in [-0.4, -0.2) is 0 Å². The van der Waals surface area contributed by atoms with Crippen molar-refractivity contribution in [3.8, 4) is 11.1 Å². The standard InChI is InChI=1S/C29H29F3/c1-3-22-13-10-21(18-27(22)30)7-6-20-8-14-24(15-9-20)26-17-16-25(28(31)29(26)32)23-11-4-19(2)5-12-23/h4-7,10-13,16-18,20,24H,3,8-9,14-15H2,1-2H3. The molecule has 0 heterocycles. The first kappa shape index (κ1) is 22.4. The van der Waals surface area contributed by atoms with E-state index in [1.165, 1.54) is 0 Å². The molecule has 4 rings (SSSR count). The molecular formula is C29H29F3. The molecule has 166 valence electrons. The van der Waals surface area contributed by atoms with Gasteiger partial charge in [0.05, 0.1) is 0 Å². The van der Waals surface area contributed by atoms with Crippen LogP contribution in [0.1, 0.15) is 60.8 Å². The first-order valence-corrected chi connectivity index (χ1v) is 11.5. The molecule has 0 nitrogen and oxygen atoms in total. The minimum atomic E-state index is -0.758. The van der Waals surface area contributed by atoms with Crippen LogP contribution < -0.4 is 0 Å². The largest absolute Gasteiger partial charge is 0.207 e. The maximum atomic E-state index is 15.0. The molecule has 0 atom stereocenters. The fraction of sp³-hybridized carbons (Fsp3) is 0.310. The molecule has 3 aromatic carbocycles. The van der Waals surface area contributed by atoms with Crippen LogP contribution in [0, 0.1) is 30.3 Å². The predicted octanol–water partition coefficient (Wildman–Crippen LogP) is 8.63. The molecule has 0 aliphatic heterocycles. The highest BCUT2D eigenvalue weighted by Gasteiger charge is 2.25. The second-order valence-corrected chi connectivity index (χ2v) is 8.87. The molecular weight excluding hydrogens is 405 g/mol. The van der Waals surface area contributed by atoms with E-state index in [1.54, 1.807) is 18.2 Å². The van der Waals surface area contributed by atoms with Crippen molar-refractivity contribution in [3.63, 3.8) is 0 Å². The third-order valence-corrected chi connectivity index (χ3v) is 6.71. The summed E-state index contributed by atoms with van der Waals surface area (Å²) >= 11 is 0. The SMILES string of the molecule is CCc1ccc(C=CC2CCC(c3ccc(-c4ccc(C)cc4)c(F)c3F)CC2)cc1F. The lowest BCUT2D eigenvalue weighted by molar-refractivity contribution is 0.365. The Labute approximate surface area is 188 Å². The zero-order valence-electron chi connectivity index (χ0n) is 18.7. The summed E-state index contributed by atoms with van der Waals surface area (Å²) in [4.78, 5) is 0. The Balaban J connectivity index is 1.42. The molecule has 0 bridgehead atoms. The zero-order chi connectivity index (χ0) is 22.7. The van der Waals surface area contributed by atoms with Crippen LogP contribution in [0.3, 0.4) is 0 Å². The van der Waals surface area contributed by atoms with Gasteiger partial charge in [0.25, 0.3) is 0 Å². The number of benzene rings is 3. The lowest BCUT2D eigenvalue weighted by Crippen LogP contribution is -2.13. The van der Waals surface area contributed by atoms with E-state index in [9.17, 15) is 13.2 Å². The van der Waals surface area contributed by atoms with Gasteiger partial charge in [-0.25, -0.2) is 13.2 Å². The highest BCUT2D eigenvalue weighted by Crippen LogP contribution is 2.39. The number of rotatable bonds is 5. The lowest BCUT2D eigenvalue weighted by Gasteiger charge is -2.27. The molecule has 3 heteroatoms. The number of halogens is 3. The third kappa shape index (κ3) is 4.82. The van der Waals surface area contributed by atoms with Crippen LogP contribution >= 0.6 is 0 Å². The smallest absolute Gasteiger partial charge is 0.166 e. The van der Waals surface area contributed by atoms with Gasteiger partial charge in [0.2, 0.25) is 0 Å². The van der Waals surface area contributed by atoms with Crippen molar-refractivity contribution in [2.24, 2.45) is 5.92 Å². The van der Waals surface area contributed by atoms with Crippen LogP contribution in [0.15, 0.2) is 60.7 Å². The summed E-state index contributed by atoms with van der Waals surface area (Å²) in [5.41, 5.74) is 4.16. The van der Waals surface area contributed by atoms with E-state index in [4.69, 9.17) is 0 Å². The van der Waals surface area contributed by atoms with Gasteiger partial charge in [-0.15, -0.1) is 0 Å². The Morgan fingerprint density at radius 2 is 1.56 bits per heavy atom. The van der Waals surface area contributed by atoms with Crippen molar-refractivity contribution in [2.75, 3.05) is 0 Å². The summed E-state index contributed by atoms with van der Waals surface area (Å²) in [6.07, 6.45) is 8.26. The number of hydrogen-bond donors (Lipinski definition) is 0. The maximum absolute atomic E-state index is 15.0. The Hall–Kier alpha value is -2.81. The van der Waals surface area contributed by atoms with Gasteiger partial charge in [0.1, 0.15) is 5.82 Å². The maximum Gasteiger partial charge on any atom is 0.166 e. The highest BCUT2D eigenvalue weighted by molar-refractivity contribution is 5.65. The predicted molar refractivity (Wildman–Crippen MR) is 126 cm³/mol. The molecule has 0 aromatic heterocycles. The first-order valence-electron chi connectivity index (χ1n) is 11.5. The Kier molecular flexibility index (Phi) is 6.83. The van der Waals surface area contributed by atoms with E-state index >= 15 is 0 Å². The average molecular weight is 435 g/mol. The van der Waals surface area contributed by atoms with Crippen molar-refractivity contribution in [1.29, 1.82) is 0 Å². The minimum Gasteiger partial charge on any atom is -0.207 e. The summed E-state index contributed by atoms with van der Waals surface area (Å²) < 4.78 is 43.8. The molecule has 0 unspecified atom stereocenters. The molecule has 1 aliphatic carbocycles. The summed E-state index contributed by atoms with van der Waals surface area (Å²) in [6, 6.07) is 16.3. The molecule has 1 aliphatic rings. The number of allylic oxidation sites excluding steroid dienone is 1. The van der Waals surface area contributed by atoms with Crippen molar-refractivity contribution in [1.82, 2.24) is 0 Å². The minimum absolute atomic E-state index is 0.0301. The Bertz CT molecular complexity index is 1100. The quantitative estimate of drug-likeness (QED) is 0.377. The molecule has 32 heavy (non-hydrogen) atoms. The fourth-order valence-corrected chi connectivity index (χ4v) is 4.66. The van der Waals surface area contributed by atoms with Crippen LogP contribution in [0.25, 0.3) is 17.2 Å². The van der Waals surface area contributed by atoms with Crippen LogP contribution in [0.5, 0.6) is 0 Å². The van der Waals surface area contributed by atoms with E-state index in [-0.39, 0.29) is 11.7 Å². The van der Waals surface area contributed by atoms with Gasteiger partial charge in [-0.1, -0.05) is 73.2 Å². The van der Waals surface area contributed by atoms with E-state index in [2.05, 4.69) is 6.08 Å². The normalized spacial score (nSPS) is 18.9. The summed E-state index contributed by atoms with van der Waals surface area (Å²) in [6.45, 7) is 3.91. The van der Waals surface area contributed by atoms with E-state index in [1.807, 2.05) is 56.3 Å². The van der Waals surface area contributed by atoms with Gasteiger partial charge in [0.15, 0.2) is 11.6 Å². The molecule has 3 aromatic rings. The third-order valence-electron chi connectivity index (χ3n) is 6.71. The molecule has 0 saturated heterocycles. The van der Waals surface area contributed by atoms with Crippen molar-refractivity contribution >= 4 is 6.08 Å². The second kappa shape index (κ2) is 9.77. The van der Waals surface area contributed by atoms with Gasteiger partial charge in [-0.3, -0.25) is 0 Å². The topological polar surface area (TPSA) is 0 Å². The highest BCUT2D eigenvalue weighted by atomic mass is 19.2. The van der Waals surface area contributed by atoms with Gasteiger partial charge in [-0.2, -0.15) is 0 Å². The van der Waals surface area contributed by atoms with Gasteiger partial charge in [0, 0.05) is 5.56 Å². The molecule has 0 N–H and O–H groups in total. The molecule has 0 amide bonds. The fourth-order valence-electron chi connectivity index (χ4n) is 4.66. The van der Waals surface area contributed by atoms with Gasteiger partial charge < -0.3 is 0 Å². The molecule has 0 radical (unpaired) electrons. The van der Waals surface area contributed by atoms with Gasteiger partial charge in [-0.05, 0) is 79.2 Å². The van der Waals surface area contributed by atoms with Crippen molar-refractivity contribution in [2.45, 2.75) is 51.9 Å². The van der Waals surface area contributed by atoms with E-state index < -0.39 is 11.6 Å². The van der Waals surface area contributed by atoms with Crippen molar-refractivity contribution < 1.29 is 13.2 Å². The summed E-state index contributed by atoms with van der Waals surface area (Å²) in [7, 11) is 0. The van der Waals surface area contributed by atoms with Crippen molar-refractivity contribution in [3.05, 3.63) is 100 Å². The average Bonchev–Trinajstić information content (AvgIpc) is 2.81. The first-order chi connectivity index (χ1) is 15.5. The second-order valence-electron chi connectivity index (χ2n) is 8.87. The zero-order valence-corrected chi connectivity index (χ0v) is 18.7. The Morgan fingerprint density at radius 3 is 2.22 bits per heavy atom. The molecule has 1 saturated carbocycles. The van der Waals surface area contributed by atoms with E-state index in [0.29, 0.717) is 29.0 Å². The van der Waals surface area contributed by atoms with Gasteiger partial charge >= 0.3 is 0 Å². The van der Waals surface area contributed by atoms with Crippen LogP contribution in [0.2, 0.25) is 0 Å². The Morgan fingerprint density at radius 1 is 0.844 bits per heavy atom. The summed E-state index contributed by atoms with van der Waals surface area (Å²) in [5.74, 6) is -1.23. The lowest BCUT2D eigenvalue weighted by atomic mass is 9.78. The summed E-state index contributed by atoms with van der Waals surface area (Å²) in [5, 5.41) is 0. The number of hydrogen-bond acceptors (Lipinski definition) is 0.